The summed E-state index contributed by atoms with van der Waals surface area (Å²) in [5.74, 6) is 2.48. The fourth-order valence-electron chi connectivity index (χ4n) is 1.72. The summed E-state index contributed by atoms with van der Waals surface area (Å²) < 4.78 is 27.0. The van der Waals surface area contributed by atoms with Gasteiger partial charge in [0.05, 0.1) is 10.6 Å². The van der Waals surface area contributed by atoms with Crippen molar-refractivity contribution in [1.82, 2.24) is 5.01 Å². The number of halogens is 6. The predicted molar refractivity (Wildman–Crippen MR) is 113 cm³/mol. The zero-order valence-corrected chi connectivity index (χ0v) is 18.4. The Morgan fingerprint density at radius 2 is 1.50 bits per heavy atom. The number of carbonyl (C=O) groups excluding carboxylic acids is 2. The third-order valence-corrected chi connectivity index (χ3v) is 3.71. The largest absolute Gasteiger partial charge is 0.276 e. The molecule has 0 aliphatic rings. The van der Waals surface area contributed by atoms with Crippen LogP contribution in [-0.4, -0.2) is 21.7 Å². The molecule has 156 valence electrons. The van der Waals surface area contributed by atoms with Gasteiger partial charge in [0.2, 0.25) is 0 Å². The van der Waals surface area contributed by atoms with Crippen molar-refractivity contribution < 1.29 is 18.4 Å². The van der Waals surface area contributed by atoms with Crippen LogP contribution in [0.1, 0.15) is 41.5 Å². The minimum Gasteiger partial charge on any atom is -0.276 e. The van der Waals surface area contributed by atoms with Crippen LogP contribution in [0.2, 0.25) is 5.02 Å². The van der Waals surface area contributed by atoms with Crippen molar-refractivity contribution >= 4 is 59.2 Å². The maximum Gasteiger partial charge on any atom is 0.274 e. The van der Waals surface area contributed by atoms with Crippen molar-refractivity contribution in [3.8, 4) is 0 Å². The van der Waals surface area contributed by atoms with E-state index in [0.29, 0.717) is 5.56 Å². The number of amides is 1. The van der Waals surface area contributed by atoms with Gasteiger partial charge in [-0.1, -0.05) is 41.9 Å². The molecule has 0 spiro atoms. The van der Waals surface area contributed by atoms with E-state index in [9.17, 15) is 18.4 Å². The monoisotopic (exact) mass is 474 g/mol. The first-order chi connectivity index (χ1) is 12.0. The van der Waals surface area contributed by atoms with Crippen LogP contribution < -0.4 is 5.84 Å². The number of hydrogen-bond acceptors (Lipinski definition) is 3. The highest BCUT2D eigenvalue weighted by atomic mass is 35.5. The Hall–Kier alpha value is -1.44. The van der Waals surface area contributed by atoms with Crippen molar-refractivity contribution in [2.24, 2.45) is 5.84 Å². The number of benzene rings is 2. The molecule has 28 heavy (non-hydrogen) atoms. The maximum atomic E-state index is 13.6. The molecular formula is C18H20Cl4F2N2O2. The number of hydrogen-bond donors (Lipinski definition) is 1. The fourth-order valence-corrected chi connectivity index (χ4v) is 2.00. The van der Waals surface area contributed by atoms with Gasteiger partial charge in [-0.15, -0.1) is 24.8 Å². The Labute approximate surface area is 184 Å². The van der Waals surface area contributed by atoms with E-state index in [0.717, 1.165) is 17.1 Å². The molecule has 0 fully saturated rings. The Bertz CT molecular complexity index is 800. The molecule has 2 N–H and O–H groups in total. The lowest BCUT2D eigenvalue weighted by molar-refractivity contribution is 0.0571. The van der Waals surface area contributed by atoms with Crippen molar-refractivity contribution in [2.45, 2.75) is 26.3 Å². The summed E-state index contributed by atoms with van der Waals surface area (Å²) in [6.45, 7) is 4.93. The maximum absolute atomic E-state index is 13.6. The van der Waals surface area contributed by atoms with E-state index in [1.807, 2.05) is 6.07 Å². The van der Waals surface area contributed by atoms with Gasteiger partial charge in [0.15, 0.2) is 5.82 Å². The average molecular weight is 476 g/mol. The molecule has 0 aliphatic heterocycles. The summed E-state index contributed by atoms with van der Waals surface area (Å²) in [5.41, 5.74) is -0.952. The highest BCUT2D eigenvalue weighted by molar-refractivity contribution is 6.67. The predicted octanol–water partition coefficient (Wildman–Crippen LogP) is 5.64. The normalized spacial score (nSPS) is 9.86. The number of nitrogens with two attached hydrogens (primary N) is 1. The lowest BCUT2D eigenvalue weighted by atomic mass is 10.1. The molecule has 0 bridgehead atoms. The van der Waals surface area contributed by atoms with Crippen LogP contribution in [0.15, 0.2) is 42.5 Å². The van der Waals surface area contributed by atoms with E-state index >= 15 is 0 Å². The van der Waals surface area contributed by atoms with Crippen molar-refractivity contribution in [1.29, 1.82) is 0 Å². The van der Waals surface area contributed by atoms with E-state index < -0.39 is 33.9 Å². The molecule has 0 atom stereocenters. The van der Waals surface area contributed by atoms with Crippen LogP contribution in [0.25, 0.3) is 0 Å². The molecule has 2 aromatic carbocycles. The van der Waals surface area contributed by atoms with E-state index in [4.69, 9.17) is 29.0 Å². The third kappa shape index (κ3) is 7.89. The molecule has 0 heterocycles. The summed E-state index contributed by atoms with van der Waals surface area (Å²) in [7, 11) is 0. The number of nitrogens with zero attached hydrogens (tertiary/aromatic N) is 1. The van der Waals surface area contributed by atoms with Crippen LogP contribution in [0.3, 0.4) is 0 Å². The molecule has 1 amide bonds. The standard InChI is InChI=1S/C11H13ClF2N2O.C7H5ClO.2ClH/c1-11(2,3)16(15)10(17)8-7(13)5-4-6(12)9(8)14;8-7(9)6-4-2-1-3-5-6;;/h4-5H,15H2,1-3H3;1-5H;2*1H. The van der Waals surface area contributed by atoms with Crippen LogP contribution >= 0.6 is 48.0 Å². The Kier molecular flexibility index (Phi) is 12.5. The van der Waals surface area contributed by atoms with Gasteiger partial charge >= 0.3 is 0 Å². The van der Waals surface area contributed by atoms with Crippen LogP contribution in [0.5, 0.6) is 0 Å². The fraction of sp³-hybridized carbons (Fsp3) is 0.222. The van der Waals surface area contributed by atoms with Gasteiger partial charge in [0.1, 0.15) is 11.4 Å². The van der Waals surface area contributed by atoms with Crippen molar-refractivity contribution in [3.05, 3.63) is 70.2 Å². The number of carbonyl (C=O) groups is 2. The van der Waals surface area contributed by atoms with Crippen LogP contribution in [0.4, 0.5) is 8.78 Å². The first-order valence-corrected chi connectivity index (χ1v) is 8.20. The topological polar surface area (TPSA) is 63.4 Å². The van der Waals surface area contributed by atoms with Crippen molar-refractivity contribution in [2.75, 3.05) is 0 Å². The quantitative estimate of drug-likeness (QED) is 0.201. The minimum atomic E-state index is -1.10. The van der Waals surface area contributed by atoms with E-state index in [1.165, 1.54) is 0 Å². The van der Waals surface area contributed by atoms with Gasteiger partial charge in [-0.3, -0.25) is 14.6 Å². The molecule has 4 nitrogen and oxygen atoms in total. The Balaban J connectivity index is 0. The summed E-state index contributed by atoms with van der Waals surface area (Å²) in [5, 5.41) is 0.0397. The molecule has 0 unspecified atom stereocenters. The molecule has 0 saturated heterocycles. The first kappa shape index (κ1) is 28.8. The molecule has 2 rings (SSSR count). The first-order valence-electron chi connectivity index (χ1n) is 7.44. The van der Waals surface area contributed by atoms with Gasteiger partial charge in [-0.25, -0.2) is 14.6 Å². The van der Waals surface area contributed by atoms with Gasteiger partial charge < -0.3 is 0 Å². The molecule has 0 aliphatic carbocycles. The second-order valence-corrected chi connectivity index (χ2v) is 6.95. The Morgan fingerprint density at radius 1 is 1.00 bits per heavy atom. The van der Waals surface area contributed by atoms with Gasteiger partial charge in [0.25, 0.3) is 11.1 Å². The number of rotatable bonds is 2. The summed E-state index contributed by atoms with van der Waals surface area (Å²) in [4.78, 5) is 22.3. The lowest BCUT2D eigenvalue weighted by Crippen LogP contribution is -2.51. The smallest absolute Gasteiger partial charge is 0.274 e. The molecule has 0 radical (unpaired) electrons. The minimum absolute atomic E-state index is 0. The zero-order chi connectivity index (χ0) is 20.1. The van der Waals surface area contributed by atoms with Gasteiger partial charge in [0, 0.05) is 5.56 Å². The lowest BCUT2D eigenvalue weighted by Gasteiger charge is -2.31. The van der Waals surface area contributed by atoms with Crippen LogP contribution in [-0.2, 0) is 0 Å². The van der Waals surface area contributed by atoms with Crippen LogP contribution in [0, 0.1) is 11.6 Å². The zero-order valence-electron chi connectivity index (χ0n) is 15.2. The highest BCUT2D eigenvalue weighted by Gasteiger charge is 2.29. The summed E-state index contributed by atoms with van der Waals surface area (Å²) in [6.07, 6.45) is 0. The van der Waals surface area contributed by atoms with Crippen molar-refractivity contribution in [3.63, 3.8) is 0 Å². The SMILES string of the molecule is CC(C)(C)N(N)C(=O)c1c(F)ccc(Cl)c1F.Cl.Cl.O=C(Cl)c1ccccc1. The average Bonchev–Trinajstić information content (AvgIpc) is 2.58. The summed E-state index contributed by atoms with van der Waals surface area (Å²) >= 11 is 10.7. The molecular weight excluding hydrogens is 456 g/mol. The molecule has 0 aromatic heterocycles. The second-order valence-electron chi connectivity index (χ2n) is 6.20. The summed E-state index contributed by atoms with van der Waals surface area (Å²) in [6, 6.07) is 10.7. The molecule has 0 saturated carbocycles. The number of hydrazine groups is 1. The van der Waals surface area contributed by atoms with Gasteiger partial charge in [-0.05, 0) is 44.5 Å². The second kappa shape index (κ2) is 12.2. The van der Waals surface area contributed by atoms with E-state index in [1.54, 1.807) is 45.0 Å². The Morgan fingerprint density at radius 3 is 1.89 bits per heavy atom. The van der Waals surface area contributed by atoms with E-state index in [2.05, 4.69) is 0 Å². The highest BCUT2D eigenvalue weighted by Crippen LogP contribution is 2.23. The third-order valence-electron chi connectivity index (χ3n) is 3.20. The van der Waals surface area contributed by atoms with E-state index in [-0.39, 0.29) is 29.8 Å². The molecule has 10 heteroatoms. The van der Waals surface area contributed by atoms with Gasteiger partial charge in [-0.2, -0.15) is 0 Å². The molecule has 2 aromatic rings.